The molecule has 1 aliphatic rings. The van der Waals surface area contributed by atoms with Gasteiger partial charge in [-0.05, 0) is 75.7 Å². The first kappa shape index (κ1) is 26.3. The second kappa shape index (κ2) is 10.8. The molecule has 0 unspecified atom stereocenters. The summed E-state index contributed by atoms with van der Waals surface area (Å²) in [6, 6.07) is 62.6. The summed E-state index contributed by atoms with van der Waals surface area (Å²) >= 11 is 0. The lowest BCUT2D eigenvalue weighted by Gasteiger charge is -2.30. The van der Waals surface area contributed by atoms with E-state index in [9.17, 15) is 0 Å². The van der Waals surface area contributed by atoms with E-state index in [4.69, 9.17) is 4.74 Å². The van der Waals surface area contributed by atoms with Gasteiger partial charge in [-0.3, -0.25) is 0 Å². The van der Waals surface area contributed by atoms with Crippen LogP contribution in [0.3, 0.4) is 0 Å². The number of hydrogen-bond acceptors (Lipinski definition) is 2. The van der Waals surface area contributed by atoms with Crippen molar-refractivity contribution in [3.63, 3.8) is 0 Å². The molecule has 0 N–H and O–H groups in total. The van der Waals surface area contributed by atoms with Gasteiger partial charge in [0.15, 0.2) is 0 Å². The zero-order valence-corrected chi connectivity index (χ0v) is 25.1. The summed E-state index contributed by atoms with van der Waals surface area (Å²) in [7, 11) is 0. The van der Waals surface area contributed by atoms with Gasteiger partial charge in [-0.1, -0.05) is 133 Å². The summed E-state index contributed by atoms with van der Waals surface area (Å²) in [5, 5.41) is 4.69. The molecular formula is C44H29NO. The molecule has 0 saturated carbocycles. The highest BCUT2D eigenvalue weighted by atomic mass is 16.5. The van der Waals surface area contributed by atoms with Gasteiger partial charge in [0, 0.05) is 27.4 Å². The third kappa shape index (κ3) is 4.35. The van der Waals surface area contributed by atoms with Crippen LogP contribution >= 0.6 is 0 Å². The van der Waals surface area contributed by atoms with Crippen LogP contribution in [0.2, 0.25) is 0 Å². The third-order valence-electron chi connectivity index (χ3n) is 9.06. The standard InChI is InChI=1S/C44H29NO/c1-3-11-30(12-4-1)32-21-24-35(25-22-32)45(40-20-9-16-33-15-7-8-17-36(33)40)41-27-28-42-44-38(18-10-19-39(41)44)37-26-23-34(29-43(37)46-42)31-13-5-2-6-14-31/h1-29H. The number of anilines is 3. The van der Waals surface area contributed by atoms with Crippen LogP contribution < -0.4 is 9.64 Å². The summed E-state index contributed by atoms with van der Waals surface area (Å²) in [5.74, 6) is 1.76. The minimum atomic E-state index is 0.879. The van der Waals surface area contributed by atoms with Crippen molar-refractivity contribution in [1.29, 1.82) is 0 Å². The zero-order chi connectivity index (χ0) is 30.5. The second-order valence-electron chi connectivity index (χ2n) is 11.7. The highest BCUT2D eigenvalue weighted by molar-refractivity contribution is 6.12. The van der Waals surface area contributed by atoms with Crippen LogP contribution in [0.15, 0.2) is 176 Å². The van der Waals surface area contributed by atoms with Crippen molar-refractivity contribution in [3.05, 3.63) is 176 Å². The van der Waals surface area contributed by atoms with Crippen molar-refractivity contribution in [2.75, 3.05) is 4.90 Å². The molecule has 8 aromatic rings. The summed E-state index contributed by atoms with van der Waals surface area (Å²) in [6.45, 7) is 0. The zero-order valence-electron chi connectivity index (χ0n) is 25.1. The van der Waals surface area contributed by atoms with E-state index in [2.05, 4.69) is 175 Å². The molecule has 0 aliphatic carbocycles. The number of ether oxygens (including phenoxy) is 1. The predicted octanol–water partition coefficient (Wildman–Crippen LogP) is 12.6. The van der Waals surface area contributed by atoms with Gasteiger partial charge in [-0.2, -0.15) is 0 Å². The third-order valence-corrected chi connectivity index (χ3v) is 9.06. The van der Waals surface area contributed by atoms with Crippen molar-refractivity contribution in [2.24, 2.45) is 0 Å². The van der Waals surface area contributed by atoms with E-state index < -0.39 is 0 Å². The van der Waals surface area contributed by atoms with Crippen LogP contribution in [0.25, 0.3) is 54.9 Å². The second-order valence-corrected chi connectivity index (χ2v) is 11.7. The van der Waals surface area contributed by atoms with E-state index in [0.717, 1.165) is 50.5 Å². The maximum absolute atomic E-state index is 6.67. The van der Waals surface area contributed by atoms with E-state index in [0.29, 0.717) is 0 Å². The van der Waals surface area contributed by atoms with Gasteiger partial charge in [-0.25, -0.2) is 0 Å². The van der Waals surface area contributed by atoms with Crippen molar-refractivity contribution < 1.29 is 4.74 Å². The average molecular weight is 588 g/mol. The number of hydrogen-bond donors (Lipinski definition) is 0. The molecule has 0 aromatic heterocycles. The summed E-state index contributed by atoms with van der Waals surface area (Å²) in [6.07, 6.45) is 0. The van der Waals surface area contributed by atoms with Crippen LogP contribution in [-0.2, 0) is 0 Å². The Balaban J connectivity index is 1.24. The van der Waals surface area contributed by atoms with Crippen molar-refractivity contribution in [1.82, 2.24) is 0 Å². The molecular weight excluding hydrogens is 558 g/mol. The highest BCUT2D eigenvalue weighted by Crippen LogP contribution is 2.51. The van der Waals surface area contributed by atoms with Crippen LogP contribution in [0.4, 0.5) is 17.1 Å². The molecule has 2 nitrogen and oxygen atoms in total. The van der Waals surface area contributed by atoms with E-state index in [1.165, 1.54) is 33.0 Å². The first-order valence-corrected chi connectivity index (χ1v) is 15.7. The molecule has 0 saturated heterocycles. The number of nitrogens with zero attached hydrogens (tertiary/aromatic N) is 1. The first-order chi connectivity index (χ1) is 22.8. The van der Waals surface area contributed by atoms with Gasteiger partial charge in [-0.15, -0.1) is 0 Å². The smallest absolute Gasteiger partial charge is 0.136 e. The van der Waals surface area contributed by atoms with Crippen LogP contribution in [-0.4, -0.2) is 0 Å². The molecule has 216 valence electrons. The Morgan fingerprint density at radius 1 is 0.370 bits per heavy atom. The molecule has 1 aliphatic heterocycles. The number of fused-ring (bicyclic) bond motifs is 3. The summed E-state index contributed by atoms with van der Waals surface area (Å²) < 4.78 is 6.67. The molecule has 0 atom stereocenters. The molecule has 0 amide bonds. The average Bonchev–Trinajstić information content (AvgIpc) is 3.13. The largest absolute Gasteiger partial charge is 0.456 e. The molecule has 46 heavy (non-hydrogen) atoms. The van der Waals surface area contributed by atoms with Gasteiger partial charge in [0.2, 0.25) is 0 Å². The SMILES string of the molecule is c1ccc(-c2ccc(N(c3cccc4ccccc34)c3ccc4c5c(cccc35)-c3ccc(-c5ccccc5)cc3O4)cc2)cc1. The Morgan fingerprint density at radius 3 is 1.78 bits per heavy atom. The quantitative estimate of drug-likeness (QED) is 0.199. The van der Waals surface area contributed by atoms with Gasteiger partial charge < -0.3 is 9.64 Å². The molecule has 1 heterocycles. The predicted molar refractivity (Wildman–Crippen MR) is 193 cm³/mol. The van der Waals surface area contributed by atoms with Crippen LogP contribution in [0.1, 0.15) is 0 Å². The van der Waals surface area contributed by atoms with Crippen molar-refractivity contribution in [2.45, 2.75) is 0 Å². The Labute approximate surface area is 268 Å². The normalized spacial score (nSPS) is 11.7. The molecule has 0 radical (unpaired) electrons. The lowest BCUT2D eigenvalue weighted by molar-refractivity contribution is 0.487. The van der Waals surface area contributed by atoms with E-state index in [-0.39, 0.29) is 0 Å². The fourth-order valence-electron chi connectivity index (χ4n) is 6.87. The van der Waals surface area contributed by atoms with Crippen LogP contribution in [0, 0.1) is 0 Å². The van der Waals surface area contributed by atoms with E-state index in [1.54, 1.807) is 0 Å². The first-order valence-electron chi connectivity index (χ1n) is 15.7. The number of rotatable bonds is 5. The Morgan fingerprint density at radius 2 is 0.978 bits per heavy atom. The molecule has 0 fully saturated rings. The Kier molecular flexibility index (Phi) is 6.17. The maximum atomic E-state index is 6.67. The fourth-order valence-corrected chi connectivity index (χ4v) is 6.87. The van der Waals surface area contributed by atoms with Gasteiger partial charge in [0.05, 0.1) is 11.4 Å². The minimum Gasteiger partial charge on any atom is -0.456 e. The molecule has 0 bridgehead atoms. The molecule has 8 aromatic carbocycles. The lowest BCUT2D eigenvalue weighted by Crippen LogP contribution is -2.11. The topological polar surface area (TPSA) is 12.5 Å². The van der Waals surface area contributed by atoms with Crippen LogP contribution in [0.5, 0.6) is 11.5 Å². The van der Waals surface area contributed by atoms with Gasteiger partial charge in [0.1, 0.15) is 11.5 Å². The minimum absolute atomic E-state index is 0.879. The summed E-state index contributed by atoms with van der Waals surface area (Å²) in [5.41, 5.74) is 10.4. The van der Waals surface area contributed by atoms with E-state index >= 15 is 0 Å². The molecule has 9 rings (SSSR count). The number of benzene rings is 8. The van der Waals surface area contributed by atoms with E-state index in [1.807, 2.05) is 6.07 Å². The fraction of sp³-hybridized carbons (Fsp3) is 0. The Bertz CT molecular complexity index is 2370. The lowest BCUT2D eigenvalue weighted by atomic mass is 9.92. The highest BCUT2D eigenvalue weighted by Gasteiger charge is 2.25. The molecule has 0 spiro atoms. The van der Waals surface area contributed by atoms with Gasteiger partial charge >= 0.3 is 0 Å². The van der Waals surface area contributed by atoms with Crippen molar-refractivity contribution >= 4 is 38.6 Å². The summed E-state index contributed by atoms with van der Waals surface area (Å²) in [4.78, 5) is 2.40. The monoisotopic (exact) mass is 587 g/mol. The Hall–Kier alpha value is -6.12. The van der Waals surface area contributed by atoms with Crippen molar-refractivity contribution in [3.8, 4) is 44.9 Å². The maximum Gasteiger partial charge on any atom is 0.136 e. The van der Waals surface area contributed by atoms with Gasteiger partial charge in [0.25, 0.3) is 0 Å². The molecule has 2 heteroatoms.